The first-order chi connectivity index (χ1) is 23.3. The first kappa shape index (κ1) is 40.9. The van der Waals surface area contributed by atoms with Gasteiger partial charge in [-0.3, -0.25) is 19.8 Å². The van der Waals surface area contributed by atoms with E-state index in [0.29, 0.717) is 0 Å². The molecular weight excluding hydrogens is 672 g/mol. The van der Waals surface area contributed by atoms with Crippen molar-refractivity contribution in [3.05, 3.63) is 46.3 Å². The molecule has 1 aromatic rings. The van der Waals surface area contributed by atoms with Gasteiger partial charge in [0.05, 0.1) is 12.7 Å². The molecule has 278 valence electrons. The van der Waals surface area contributed by atoms with Gasteiger partial charge in [-0.05, 0) is 36.2 Å². The third-order valence-electron chi connectivity index (χ3n) is 8.69. The number of rotatable bonds is 13. The Morgan fingerprint density at radius 3 is 2.04 bits per heavy atom. The minimum absolute atomic E-state index is 0.0605. The van der Waals surface area contributed by atoms with Crippen LogP contribution in [0.3, 0.4) is 0 Å². The highest BCUT2D eigenvalue weighted by atomic mass is 28.4. The highest BCUT2D eigenvalue weighted by Crippen LogP contribution is 2.41. The lowest BCUT2D eigenvalue weighted by Gasteiger charge is -2.50. The lowest BCUT2D eigenvalue weighted by Crippen LogP contribution is -2.66. The predicted octanol–water partition coefficient (Wildman–Crippen LogP) is 4.94. The summed E-state index contributed by atoms with van der Waals surface area (Å²) in [5, 5.41) is 11.6. The summed E-state index contributed by atoms with van der Waals surface area (Å²) in [6.45, 7) is 16.6. The molecular formula is C33H50N4O12Si. The number of nitrogens with one attached hydrogen (secondary N) is 1. The van der Waals surface area contributed by atoms with Crippen LogP contribution in [0.25, 0.3) is 10.4 Å². The molecule has 2 heterocycles. The molecule has 10 atom stereocenters. The van der Waals surface area contributed by atoms with Crippen LogP contribution in [0, 0.1) is 5.41 Å². The van der Waals surface area contributed by atoms with E-state index in [9.17, 15) is 19.9 Å². The Hall–Kier alpha value is -3.57. The summed E-state index contributed by atoms with van der Waals surface area (Å²) in [4.78, 5) is 39.9. The molecule has 1 N–H and O–H groups in total. The van der Waals surface area contributed by atoms with Gasteiger partial charge in [0.2, 0.25) is 6.29 Å². The first-order valence-electron chi connectivity index (χ1n) is 16.4. The van der Waals surface area contributed by atoms with Gasteiger partial charge in [0.15, 0.2) is 26.6 Å². The number of nitrogens with zero attached hydrogens (tertiary/aromatic N) is 3. The second kappa shape index (κ2) is 17.6. The third kappa shape index (κ3) is 11.0. The zero-order valence-electron chi connectivity index (χ0n) is 30.3. The molecule has 0 aliphatic carbocycles. The van der Waals surface area contributed by atoms with E-state index in [0.717, 1.165) is 5.56 Å². The minimum Gasteiger partial charge on any atom is -0.463 e. The average Bonchev–Trinajstić information content (AvgIpc) is 3.00. The molecule has 1 aromatic carbocycles. The van der Waals surface area contributed by atoms with Gasteiger partial charge in [0, 0.05) is 32.6 Å². The summed E-state index contributed by atoms with van der Waals surface area (Å²) >= 11 is 0. The Balaban J connectivity index is 2.11. The van der Waals surface area contributed by atoms with Crippen LogP contribution in [0.4, 0.5) is 0 Å². The molecule has 3 rings (SSSR count). The molecule has 2 saturated heterocycles. The van der Waals surface area contributed by atoms with Crippen LogP contribution >= 0.6 is 0 Å². The van der Waals surface area contributed by atoms with Gasteiger partial charge < -0.3 is 42.3 Å². The third-order valence-corrected chi connectivity index (χ3v) is 13.2. The van der Waals surface area contributed by atoms with Crippen molar-refractivity contribution < 1.29 is 56.7 Å². The highest BCUT2D eigenvalue weighted by molar-refractivity contribution is 6.74. The predicted molar refractivity (Wildman–Crippen MR) is 180 cm³/mol. The molecule has 0 radical (unpaired) electrons. The lowest BCUT2D eigenvalue weighted by molar-refractivity contribution is -0.338. The minimum atomic E-state index is -2.62. The number of carbonyl (C=O) groups is 3. The topological polar surface area (TPSA) is 207 Å². The number of carbonyl (C=O) groups excluding carboxylic acids is 3. The van der Waals surface area contributed by atoms with E-state index in [2.05, 4.69) is 10.0 Å². The van der Waals surface area contributed by atoms with Gasteiger partial charge in [0.1, 0.15) is 43.2 Å². The highest BCUT2D eigenvalue weighted by Gasteiger charge is 2.56. The lowest BCUT2D eigenvalue weighted by atomic mass is 9.95. The normalized spacial score (nSPS) is 30.0. The van der Waals surface area contributed by atoms with Crippen molar-refractivity contribution in [2.45, 2.75) is 141 Å². The van der Waals surface area contributed by atoms with Gasteiger partial charge in [-0.25, -0.2) is 0 Å². The van der Waals surface area contributed by atoms with Gasteiger partial charge in [-0.2, -0.15) is 0 Å². The fourth-order valence-corrected chi connectivity index (χ4v) is 6.68. The second-order valence-electron chi connectivity index (χ2n) is 13.8. The van der Waals surface area contributed by atoms with E-state index in [1.54, 1.807) is 6.92 Å². The number of benzene rings is 1. The maximum Gasteiger partial charge on any atom is 0.303 e. The van der Waals surface area contributed by atoms with Crippen molar-refractivity contribution in [1.82, 2.24) is 0 Å². The number of ether oxygens (including phenoxy) is 8. The zero-order chi connectivity index (χ0) is 37.4. The van der Waals surface area contributed by atoms with Crippen molar-refractivity contribution in [3.63, 3.8) is 0 Å². The number of esters is 3. The molecule has 0 bridgehead atoms. The Morgan fingerprint density at radius 2 is 1.50 bits per heavy atom. The number of hydrogen-bond donors (Lipinski definition) is 1. The summed E-state index contributed by atoms with van der Waals surface area (Å²) in [6.07, 6.45) is -10.2. The van der Waals surface area contributed by atoms with Crippen molar-refractivity contribution >= 4 is 32.1 Å². The van der Waals surface area contributed by atoms with Crippen LogP contribution in [0.1, 0.15) is 61.0 Å². The largest absolute Gasteiger partial charge is 0.463 e. The van der Waals surface area contributed by atoms with Crippen LogP contribution in [0.5, 0.6) is 0 Å². The zero-order valence-corrected chi connectivity index (χ0v) is 31.3. The summed E-state index contributed by atoms with van der Waals surface area (Å²) in [7, 11) is -2.62. The molecule has 17 heteroatoms. The molecule has 0 amide bonds. The molecule has 2 aliphatic rings. The molecule has 16 nitrogen and oxygen atoms in total. The van der Waals surface area contributed by atoms with Crippen LogP contribution in [0.2, 0.25) is 18.1 Å². The van der Waals surface area contributed by atoms with Crippen molar-refractivity contribution in [2.24, 2.45) is 5.11 Å². The van der Waals surface area contributed by atoms with Crippen LogP contribution in [-0.2, 0) is 63.3 Å². The van der Waals surface area contributed by atoms with E-state index in [-0.39, 0.29) is 24.1 Å². The van der Waals surface area contributed by atoms with Crippen LogP contribution in [-0.4, -0.2) is 100 Å². The Bertz CT molecular complexity index is 1390. The average molecular weight is 723 g/mol. The summed E-state index contributed by atoms with van der Waals surface area (Å²) < 4.78 is 54.6. The van der Waals surface area contributed by atoms with E-state index >= 15 is 0 Å². The van der Waals surface area contributed by atoms with E-state index < -0.39 is 87.6 Å². The molecule has 2 fully saturated rings. The maximum atomic E-state index is 12.5. The summed E-state index contributed by atoms with van der Waals surface area (Å²) in [6, 6.07) is 7.93. The standard InChI is InChI=1S/C33H50N4O12Si/c1-18-26(29(42-16-23-14-12-11-13-15-23)30(46-22(5)40)32(43-18)44-19(2)34)48-31-25(36-37-35)28(45-21(4)39)27(24(47-31)17-41-20(3)38)49-50(9,10)33(6,7)8/h11-15,18,24-32,34H,16-17H2,1-10H3/t18?,24?,25-,26+,27+,28?,29?,30-,31-,32-/m0/s1. The number of azide groups is 1. The molecule has 0 saturated carbocycles. The van der Waals surface area contributed by atoms with Crippen molar-refractivity contribution in [1.29, 1.82) is 5.41 Å². The van der Waals surface area contributed by atoms with Gasteiger partial charge >= 0.3 is 17.9 Å². The Kier molecular flexibility index (Phi) is 14.4. The van der Waals surface area contributed by atoms with Crippen LogP contribution < -0.4 is 0 Å². The summed E-state index contributed by atoms with van der Waals surface area (Å²) in [5.74, 6) is -2.12. The monoisotopic (exact) mass is 722 g/mol. The second-order valence-corrected chi connectivity index (χ2v) is 18.5. The Morgan fingerprint density at radius 1 is 0.880 bits per heavy atom. The molecule has 50 heavy (non-hydrogen) atoms. The summed E-state index contributed by atoms with van der Waals surface area (Å²) in [5.41, 5.74) is 10.5. The van der Waals surface area contributed by atoms with E-state index in [1.807, 2.05) is 64.2 Å². The number of hydrogen-bond acceptors (Lipinski definition) is 14. The molecule has 0 spiro atoms. The SMILES string of the molecule is CC(=N)O[C@@H]1OC(C)[C@@H](O[C@@H]2OC(COC(C)=O)[C@@H](O[Si](C)(C)C(C)(C)C)C(OC(C)=O)[C@@H]2N=[N+]=[N-])C(OCc2ccccc2)[C@@H]1OC(C)=O. The van der Waals surface area contributed by atoms with Gasteiger partial charge in [-0.1, -0.05) is 56.2 Å². The van der Waals surface area contributed by atoms with E-state index in [4.69, 9.17) is 47.7 Å². The van der Waals surface area contributed by atoms with Gasteiger partial charge in [-0.15, -0.1) is 0 Å². The van der Waals surface area contributed by atoms with Crippen molar-refractivity contribution in [2.75, 3.05) is 6.61 Å². The first-order valence-corrected chi connectivity index (χ1v) is 19.3. The Labute approximate surface area is 293 Å². The van der Waals surface area contributed by atoms with Crippen molar-refractivity contribution in [3.8, 4) is 0 Å². The fraction of sp³-hybridized carbons (Fsp3) is 0.697. The van der Waals surface area contributed by atoms with E-state index in [1.165, 1.54) is 27.7 Å². The molecule has 0 aromatic heterocycles. The van der Waals surface area contributed by atoms with Crippen LogP contribution in [0.15, 0.2) is 35.4 Å². The quantitative estimate of drug-likeness (QED) is 0.0420. The smallest absolute Gasteiger partial charge is 0.303 e. The molecule has 2 aliphatic heterocycles. The molecule has 4 unspecified atom stereocenters. The maximum absolute atomic E-state index is 12.5. The van der Waals surface area contributed by atoms with Gasteiger partial charge in [0.25, 0.3) is 0 Å². The fourth-order valence-electron chi connectivity index (χ4n) is 5.36.